The van der Waals surface area contributed by atoms with Crippen molar-refractivity contribution in [2.45, 2.75) is 90.3 Å². The van der Waals surface area contributed by atoms with Gasteiger partial charge in [0.05, 0.1) is 24.4 Å². The highest BCUT2D eigenvalue weighted by Crippen LogP contribution is 2.27. The first-order valence-corrected chi connectivity index (χ1v) is 18.6. The number of ether oxygens (including phenoxy) is 1. The second-order valence-corrected chi connectivity index (χ2v) is 14.1. The number of cyclic esters (lactones) is 1. The normalized spacial score (nSPS) is 25.3. The van der Waals surface area contributed by atoms with E-state index in [1.807, 2.05) is 32.0 Å². The first kappa shape index (κ1) is 40.7. The minimum absolute atomic E-state index is 0.00276. The molecule has 3 aromatic heterocycles. The zero-order valence-corrected chi connectivity index (χ0v) is 31.3. The van der Waals surface area contributed by atoms with Crippen LogP contribution in [0.2, 0.25) is 0 Å². The average Bonchev–Trinajstić information content (AvgIpc) is 3.94. The summed E-state index contributed by atoms with van der Waals surface area (Å²) in [5, 5.41) is 24.4. The van der Waals surface area contributed by atoms with Crippen LogP contribution in [0, 0.1) is 11.8 Å². The molecule has 3 aromatic rings. The number of alkyl halides is 1. The van der Waals surface area contributed by atoms with Crippen LogP contribution < -0.4 is 10.6 Å². The van der Waals surface area contributed by atoms with Gasteiger partial charge in [0.2, 0.25) is 11.8 Å². The number of rotatable bonds is 8. The Morgan fingerprint density at radius 3 is 2.78 bits per heavy atom. The number of hydrogen-bond donors (Lipinski definition) is 3. The number of carbonyl (C=O) groups excluding carboxylic acids is 4. The van der Waals surface area contributed by atoms with E-state index in [1.54, 1.807) is 42.2 Å². The van der Waals surface area contributed by atoms with Crippen molar-refractivity contribution in [2.24, 2.45) is 11.8 Å². The van der Waals surface area contributed by atoms with E-state index in [1.165, 1.54) is 17.1 Å². The number of nitrogens with zero attached hydrogens (tertiary/aromatic N) is 6. The average molecular weight is 761 g/mol. The Labute approximate surface area is 319 Å². The van der Waals surface area contributed by atoms with Crippen LogP contribution in [0.3, 0.4) is 0 Å². The maximum absolute atomic E-state index is 14.8. The summed E-state index contributed by atoms with van der Waals surface area (Å²) >= 11 is 0. The van der Waals surface area contributed by atoms with Gasteiger partial charge >= 0.3 is 5.97 Å². The highest BCUT2D eigenvalue weighted by Gasteiger charge is 2.39. The van der Waals surface area contributed by atoms with Gasteiger partial charge in [0.1, 0.15) is 30.3 Å². The van der Waals surface area contributed by atoms with Crippen molar-refractivity contribution in [1.29, 1.82) is 0 Å². The van der Waals surface area contributed by atoms with Gasteiger partial charge in [0, 0.05) is 51.1 Å². The maximum atomic E-state index is 14.8. The first-order chi connectivity index (χ1) is 26.5. The van der Waals surface area contributed by atoms with Crippen molar-refractivity contribution in [3.05, 3.63) is 84.4 Å². The number of carbonyl (C=O) groups is 4. The van der Waals surface area contributed by atoms with E-state index in [4.69, 9.17) is 9.15 Å². The quantitative estimate of drug-likeness (QED) is 0.225. The van der Waals surface area contributed by atoms with Gasteiger partial charge in [-0.15, -0.1) is 5.10 Å². The maximum Gasteiger partial charge on any atom is 0.329 e. The minimum Gasteiger partial charge on any atom is -0.460 e. The van der Waals surface area contributed by atoms with Crippen molar-refractivity contribution in [2.75, 3.05) is 19.6 Å². The second-order valence-electron chi connectivity index (χ2n) is 14.1. The number of aryl methyl sites for hydroxylation is 1. The molecule has 3 N–H and O–H groups in total. The van der Waals surface area contributed by atoms with Crippen molar-refractivity contribution in [3.8, 4) is 11.4 Å². The predicted molar refractivity (Wildman–Crippen MR) is 199 cm³/mol. The smallest absolute Gasteiger partial charge is 0.329 e. The molecule has 16 heteroatoms. The fourth-order valence-electron chi connectivity index (χ4n) is 6.56. The van der Waals surface area contributed by atoms with E-state index in [0.29, 0.717) is 49.3 Å². The number of aliphatic hydroxyl groups is 1. The van der Waals surface area contributed by atoms with Crippen LogP contribution in [0.1, 0.15) is 69.3 Å². The molecule has 55 heavy (non-hydrogen) atoms. The molecule has 0 spiro atoms. The van der Waals surface area contributed by atoms with Crippen LogP contribution in [0.4, 0.5) is 4.39 Å². The third-order valence-electron chi connectivity index (χ3n) is 9.28. The van der Waals surface area contributed by atoms with Gasteiger partial charge in [-0.2, -0.15) is 0 Å². The number of nitrogens with one attached hydrogen (secondary N) is 2. The molecule has 0 aromatic carbocycles. The summed E-state index contributed by atoms with van der Waals surface area (Å²) in [5.41, 5.74) is 1.95. The fourth-order valence-corrected chi connectivity index (χ4v) is 6.56. The van der Waals surface area contributed by atoms with Gasteiger partial charge in [-0.3, -0.25) is 24.0 Å². The van der Waals surface area contributed by atoms with E-state index in [-0.39, 0.29) is 55.8 Å². The molecule has 5 atom stereocenters. The van der Waals surface area contributed by atoms with Crippen LogP contribution >= 0.6 is 0 Å². The zero-order valence-electron chi connectivity index (χ0n) is 31.3. The molecular formula is C39H49FN8O7. The summed E-state index contributed by atoms with van der Waals surface area (Å²) in [6.45, 7) is 6.73. The summed E-state index contributed by atoms with van der Waals surface area (Å²) in [6.07, 6.45) is 9.89. The third-order valence-corrected chi connectivity index (χ3v) is 9.28. The molecule has 0 radical (unpaired) electrons. The number of aliphatic hydroxyl groups excluding tert-OH is 1. The second kappa shape index (κ2) is 19.7. The highest BCUT2D eigenvalue weighted by molar-refractivity contribution is 5.95. The summed E-state index contributed by atoms with van der Waals surface area (Å²) < 4.78 is 28.0. The molecule has 15 nitrogen and oxygen atoms in total. The van der Waals surface area contributed by atoms with Crippen LogP contribution in [0.15, 0.2) is 77.2 Å². The molecule has 294 valence electrons. The zero-order chi connectivity index (χ0) is 39.3. The number of hydrogen-bond acceptors (Lipinski definition) is 11. The Bertz CT molecular complexity index is 1860. The van der Waals surface area contributed by atoms with E-state index in [2.05, 4.69) is 30.9 Å². The molecular weight excluding hydrogens is 711 g/mol. The van der Waals surface area contributed by atoms with E-state index in [9.17, 15) is 28.7 Å². The van der Waals surface area contributed by atoms with Crippen molar-refractivity contribution < 1.29 is 37.8 Å². The largest absolute Gasteiger partial charge is 0.460 e. The van der Waals surface area contributed by atoms with E-state index >= 15 is 0 Å². The lowest BCUT2D eigenvalue weighted by atomic mass is 9.89. The van der Waals surface area contributed by atoms with Crippen LogP contribution in [-0.2, 0) is 32.1 Å². The summed E-state index contributed by atoms with van der Waals surface area (Å²) in [5.74, 6) is -2.88. The Balaban J connectivity index is 1.29. The number of esters is 1. The molecule has 1 fully saturated rings. The summed E-state index contributed by atoms with van der Waals surface area (Å²) in [4.78, 5) is 63.3. The minimum atomic E-state index is -1.50. The van der Waals surface area contributed by atoms with E-state index < -0.39 is 48.1 Å². The Morgan fingerprint density at radius 1 is 1.16 bits per heavy atom. The predicted octanol–water partition coefficient (Wildman–Crippen LogP) is 3.53. The monoisotopic (exact) mass is 760 g/mol. The number of halogens is 1. The van der Waals surface area contributed by atoms with Crippen molar-refractivity contribution in [3.63, 3.8) is 0 Å². The van der Waals surface area contributed by atoms with Crippen molar-refractivity contribution in [1.82, 2.24) is 40.5 Å². The molecule has 2 aliphatic rings. The molecule has 1 saturated heterocycles. The van der Waals surface area contributed by atoms with Gasteiger partial charge in [-0.05, 0) is 50.3 Å². The number of allylic oxidation sites excluding steroid dienone is 2. The molecule has 5 rings (SSSR count). The molecule has 0 saturated carbocycles. The van der Waals surface area contributed by atoms with Gasteiger partial charge in [-0.1, -0.05) is 55.0 Å². The Morgan fingerprint density at radius 2 is 2.00 bits per heavy atom. The van der Waals surface area contributed by atoms with Crippen LogP contribution in [0.5, 0.6) is 0 Å². The fraction of sp³-hybridized carbons (Fsp3) is 0.487. The molecule has 2 bridgehead atoms. The number of pyridine rings is 1. The lowest BCUT2D eigenvalue weighted by molar-refractivity contribution is -0.159. The summed E-state index contributed by atoms with van der Waals surface area (Å²) in [7, 11) is 0. The number of oxazole rings is 1. The topological polar surface area (TPSA) is 195 Å². The van der Waals surface area contributed by atoms with E-state index in [0.717, 1.165) is 6.26 Å². The molecule has 3 amide bonds. The Hall–Kier alpha value is -5.51. The SMILES string of the molecule is CC1=C\C(O)CC(F)Cc2nc(co2)C(=O)N2CCCC2C(=O)OC(C(C)C)C(CC(=O)NCCCn2cc(-c3ccccn3)nn2)/C=C/C(=O)NC\C=C\1. The lowest BCUT2D eigenvalue weighted by Crippen LogP contribution is -2.44. The number of amides is 3. The molecule has 5 unspecified atom stereocenters. The van der Waals surface area contributed by atoms with Crippen LogP contribution in [0.25, 0.3) is 11.4 Å². The lowest BCUT2D eigenvalue weighted by Gasteiger charge is -2.31. The van der Waals surface area contributed by atoms with Crippen molar-refractivity contribution >= 4 is 23.7 Å². The first-order valence-electron chi connectivity index (χ1n) is 18.6. The number of aromatic nitrogens is 5. The third kappa shape index (κ3) is 12.0. The number of fused-ring (bicyclic) bond motifs is 3. The van der Waals surface area contributed by atoms with Gasteiger partial charge in [0.25, 0.3) is 5.91 Å². The molecule has 2 aliphatic heterocycles. The van der Waals surface area contributed by atoms with Crippen LogP contribution in [-0.4, -0.2) is 103 Å². The van der Waals surface area contributed by atoms with Gasteiger partial charge in [0.15, 0.2) is 11.6 Å². The van der Waals surface area contributed by atoms with Gasteiger partial charge in [-0.25, -0.2) is 14.2 Å². The molecule has 5 heterocycles. The highest BCUT2D eigenvalue weighted by atomic mass is 19.1. The molecule has 0 aliphatic carbocycles. The standard InChI is InChI=1S/C39H49FN8O7/c1-25(2)37-27(20-35(51)43-16-8-17-47-23-31(45-46-47)30-10-4-5-14-41-30)12-13-34(50)42-15-6-9-26(3)19-29(49)21-28(40)22-36-44-32(24-54-36)38(52)48-18-7-11-33(48)39(53)55-37/h4-6,9-10,12-14,19,23-25,27-29,33,37,49H,7-8,11,15-18,20-22H2,1-3H3,(H,42,50)(H,43,51)/b9-6+,13-12+,26-19+. The van der Waals surface area contributed by atoms with Gasteiger partial charge < -0.3 is 29.8 Å². The summed E-state index contributed by atoms with van der Waals surface area (Å²) in [6, 6.07) is 4.62. The Kier molecular flexibility index (Phi) is 14.6.